The number of rotatable bonds is 5. The van der Waals surface area contributed by atoms with E-state index in [0.717, 1.165) is 35.5 Å². The van der Waals surface area contributed by atoms with Gasteiger partial charge in [-0.15, -0.1) is 24.0 Å². The maximum Gasteiger partial charge on any atom is 0.193 e. The molecule has 6 heteroatoms. The largest absolute Gasteiger partial charge is 0.370 e. The van der Waals surface area contributed by atoms with Crippen LogP contribution >= 0.6 is 24.0 Å². The van der Waals surface area contributed by atoms with Crippen molar-refractivity contribution in [1.82, 2.24) is 5.16 Å². The van der Waals surface area contributed by atoms with Crippen molar-refractivity contribution in [3.05, 3.63) is 46.3 Å². The third-order valence-electron chi connectivity index (χ3n) is 3.79. The van der Waals surface area contributed by atoms with Gasteiger partial charge in [0.25, 0.3) is 0 Å². The van der Waals surface area contributed by atoms with E-state index in [9.17, 15) is 0 Å². The van der Waals surface area contributed by atoms with Gasteiger partial charge in [0.15, 0.2) is 5.96 Å². The van der Waals surface area contributed by atoms with E-state index in [4.69, 9.17) is 10.3 Å². The standard InChI is InChI=1S/C17H24N4O.HI/c1-5-15-14(16(6-2)22-21-15)10-19-17(18)20-13-8-7-11(3)12(4)9-13;/h7-9H,5-6,10H2,1-4H3,(H3,18,19,20);1H. The lowest BCUT2D eigenvalue weighted by Gasteiger charge is -2.08. The maximum atomic E-state index is 5.98. The molecule has 0 radical (unpaired) electrons. The fourth-order valence-corrected chi connectivity index (χ4v) is 2.29. The summed E-state index contributed by atoms with van der Waals surface area (Å²) in [6, 6.07) is 6.13. The molecular formula is C17H25IN4O. The van der Waals surface area contributed by atoms with Crippen LogP contribution in [0, 0.1) is 13.8 Å². The fourth-order valence-electron chi connectivity index (χ4n) is 2.29. The smallest absolute Gasteiger partial charge is 0.193 e. The Morgan fingerprint density at radius 1 is 1.22 bits per heavy atom. The van der Waals surface area contributed by atoms with Gasteiger partial charge in [0.2, 0.25) is 0 Å². The number of guanidine groups is 1. The molecule has 0 saturated heterocycles. The van der Waals surface area contributed by atoms with Crippen LogP contribution in [0.1, 0.15) is 42.0 Å². The summed E-state index contributed by atoms with van der Waals surface area (Å²) >= 11 is 0. The predicted molar refractivity (Wildman–Crippen MR) is 106 cm³/mol. The first-order valence-corrected chi connectivity index (χ1v) is 7.65. The Balaban J connectivity index is 0.00000264. The van der Waals surface area contributed by atoms with Crippen molar-refractivity contribution >= 4 is 35.6 Å². The van der Waals surface area contributed by atoms with Gasteiger partial charge in [-0.05, 0) is 43.5 Å². The number of hydrogen-bond donors (Lipinski definition) is 2. The summed E-state index contributed by atoms with van der Waals surface area (Å²) < 4.78 is 5.33. The highest BCUT2D eigenvalue weighted by atomic mass is 127. The van der Waals surface area contributed by atoms with E-state index in [0.29, 0.717) is 12.5 Å². The number of nitrogens with one attached hydrogen (secondary N) is 1. The molecule has 1 aromatic carbocycles. The number of nitrogens with zero attached hydrogens (tertiary/aromatic N) is 2. The lowest BCUT2D eigenvalue weighted by atomic mass is 10.1. The van der Waals surface area contributed by atoms with E-state index in [-0.39, 0.29) is 24.0 Å². The van der Waals surface area contributed by atoms with Gasteiger partial charge in [-0.1, -0.05) is 25.1 Å². The molecule has 0 bridgehead atoms. The summed E-state index contributed by atoms with van der Waals surface area (Å²) in [6.45, 7) is 8.75. The number of benzene rings is 1. The Morgan fingerprint density at radius 3 is 2.57 bits per heavy atom. The Hall–Kier alpha value is -1.57. The van der Waals surface area contributed by atoms with Crippen molar-refractivity contribution in [2.24, 2.45) is 10.7 Å². The van der Waals surface area contributed by atoms with E-state index < -0.39 is 0 Å². The number of nitrogens with two attached hydrogens (primary N) is 1. The number of hydrogen-bond acceptors (Lipinski definition) is 3. The number of aliphatic imine (C=N–C) groups is 1. The molecule has 1 aromatic heterocycles. The van der Waals surface area contributed by atoms with Crippen molar-refractivity contribution in [3.63, 3.8) is 0 Å². The van der Waals surface area contributed by atoms with Crippen LogP contribution in [0.3, 0.4) is 0 Å². The van der Waals surface area contributed by atoms with Crippen LogP contribution in [-0.2, 0) is 19.4 Å². The van der Waals surface area contributed by atoms with Crippen LogP contribution in [0.5, 0.6) is 0 Å². The first kappa shape index (κ1) is 19.5. The molecule has 0 aliphatic rings. The third-order valence-corrected chi connectivity index (χ3v) is 3.79. The molecule has 0 atom stereocenters. The molecule has 3 N–H and O–H groups in total. The molecule has 0 saturated carbocycles. The number of aromatic nitrogens is 1. The SMILES string of the molecule is CCc1noc(CC)c1CN=C(N)Nc1ccc(C)c(C)c1.I. The highest BCUT2D eigenvalue weighted by Crippen LogP contribution is 2.17. The Morgan fingerprint density at radius 2 is 1.96 bits per heavy atom. The second-order valence-corrected chi connectivity index (χ2v) is 5.36. The zero-order valence-electron chi connectivity index (χ0n) is 14.1. The van der Waals surface area contributed by atoms with E-state index in [1.807, 2.05) is 13.0 Å². The minimum Gasteiger partial charge on any atom is -0.370 e. The molecule has 0 amide bonds. The van der Waals surface area contributed by atoms with Crippen molar-refractivity contribution in [3.8, 4) is 0 Å². The van der Waals surface area contributed by atoms with Gasteiger partial charge in [0, 0.05) is 17.7 Å². The number of aryl methyl sites for hydroxylation is 4. The Kier molecular flexibility index (Phi) is 7.54. The molecular weight excluding hydrogens is 403 g/mol. The molecule has 2 aromatic rings. The average molecular weight is 428 g/mol. The van der Waals surface area contributed by atoms with E-state index in [1.54, 1.807) is 0 Å². The summed E-state index contributed by atoms with van der Waals surface area (Å²) in [5, 5.41) is 7.21. The Bertz CT molecular complexity index is 658. The predicted octanol–water partition coefficient (Wildman–Crippen LogP) is 3.96. The van der Waals surface area contributed by atoms with Crippen molar-refractivity contribution < 1.29 is 4.52 Å². The van der Waals surface area contributed by atoms with Gasteiger partial charge >= 0.3 is 0 Å². The van der Waals surface area contributed by atoms with E-state index in [1.165, 1.54) is 11.1 Å². The molecule has 0 aliphatic heterocycles. The second kappa shape index (κ2) is 8.90. The molecule has 5 nitrogen and oxygen atoms in total. The molecule has 0 fully saturated rings. The number of halogens is 1. The van der Waals surface area contributed by atoms with Crippen molar-refractivity contribution in [2.45, 2.75) is 47.1 Å². The van der Waals surface area contributed by atoms with Gasteiger partial charge in [0.05, 0.1) is 12.2 Å². The zero-order valence-corrected chi connectivity index (χ0v) is 16.5. The van der Waals surface area contributed by atoms with Gasteiger partial charge in [-0.25, -0.2) is 4.99 Å². The van der Waals surface area contributed by atoms with Gasteiger partial charge < -0.3 is 15.6 Å². The van der Waals surface area contributed by atoms with E-state index >= 15 is 0 Å². The topological polar surface area (TPSA) is 76.4 Å². The average Bonchev–Trinajstić information content (AvgIpc) is 2.91. The summed E-state index contributed by atoms with van der Waals surface area (Å²) in [4.78, 5) is 4.41. The van der Waals surface area contributed by atoms with Crippen molar-refractivity contribution in [2.75, 3.05) is 5.32 Å². The van der Waals surface area contributed by atoms with Gasteiger partial charge in [-0.3, -0.25) is 0 Å². The molecule has 2 rings (SSSR count). The lowest BCUT2D eigenvalue weighted by Crippen LogP contribution is -2.22. The third kappa shape index (κ3) is 4.95. The van der Waals surface area contributed by atoms with Crippen LogP contribution in [0.25, 0.3) is 0 Å². The lowest BCUT2D eigenvalue weighted by molar-refractivity contribution is 0.380. The van der Waals surface area contributed by atoms with Gasteiger partial charge in [0.1, 0.15) is 5.76 Å². The zero-order chi connectivity index (χ0) is 16.1. The summed E-state index contributed by atoms with van der Waals surface area (Å²) in [5.41, 5.74) is 11.4. The van der Waals surface area contributed by atoms with Crippen molar-refractivity contribution in [1.29, 1.82) is 0 Å². The maximum absolute atomic E-state index is 5.98. The van der Waals surface area contributed by atoms with Gasteiger partial charge in [-0.2, -0.15) is 0 Å². The summed E-state index contributed by atoms with van der Waals surface area (Å²) in [5.74, 6) is 1.29. The highest BCUT2D eigenvalue weighted by molar-refractivity contribution is 14.0. The monoisotopic (exact) mass is 428 g/mol. The van der Waals surface area contributed by atoms with Crippen LogP contribution in [0.4, 0.5) is 5.69 Å². The van der Waals surface area contributed by atoms with Crippen LogP contribution in [0.15, 0.2) is 27.7 Å². The second-order valence-electron chi connectivity index (χ2n) is 5.36. The van der Waals surface area contributed by atoms with Crippen LogP contribution in [-0.4, -0.2) is 11.1 Å². The highest BCUT2D eigenvalue weighted by Gasteiger charge is 2.12. The van der Waals surface area contributed by atoms with E-state index in [2.05, 4.69) is 48.4 Å². The normalized spacial score (nSPS) is 11.2. The summed E-state index contributed by atoms with van der Waals surface area (Å²) in [6.07, 6.45) is 1.64. The Labute approximate surface area is 154 Å². The first-order valence-electron chi connectivity index (χ1n) is 7.65. The molecule has 0 aliphatic carbocycles. The first-order chi connectivity index (χ1) is 10.5. The molecule has 23 heavy (non-hydrogen) atoms. The van der Waals surface area contributed by atoms with Crippen LogP contribution in [0.2, 0.25) is 0 Å². The minimum absolute atomic E-state index is 0. The summed E-state index contributed by atoms with van der Waals surface area (Å²) in [7, 11) is 0. The fraction of sp³-hybridized carbons (Fsp3) is 0.412. The number of anilines is 1. The molecule has 1 heterocycles. The molecule has 0 unspecified atom stereocenters. The van der Waals surface area contributed by atoms with Crippen LogP contribution < -0.4 is 11.1 Å². The minimum atomic E-state index is 0. The molecule has 126 valence electrons. The molecule has 0 spiro atoms. The quantitative estimate of drug-likeness (QED) is 0.430.